The first kappa shape index (κ1) is 14.8. The van der Waals surface area contributed by atoms with E-state index in [1.807, 2.05) is 0 Å². The number of alkyl halides is 5. The summed E-state index contributed by atoms with van der Waals surface area (Å²) in [6.07, 6.45) is -9.55. The molecule has 0 saturated carbocycles. The molecule has 0 bridgehead atoms. The van der Waals surface area contributed by atoms with Crippen molar-refractivity contribution in [3.63, 3.8) is 0 Å². The summed E-state index contributed by atoms with van der Waals surface area (Å²) in [6.45, 7) is 0. The first-order valence-electron chi connectivity index (χ1n) is 4.68. The average molecular weight is 280 g/mol. The van der Waals surface area contributed by atoms with Crippen LogP contribution in [0.25, 0.3) is 0 Å². The first-order valence-corrected chi connectivity index (χ1v) is 4.68. The zero-order chi connectivity index (χ0) is 14.8. The minimum Gasteiger partial charge on any atom is -0.481 e. The van der Waals surface area contributed by atoms with Crippen molar-refractivity contribution < 1.29 is 31.9 Å². The zero-order valence-electron chi connectivity index (χ0n) is 9.00. The van der Waals surface area contributed by atoms with Gasteiger partial charge in [-0.25, -0.2) is 13.8 Å². The highest BCUT2D eigenvalue weighted by Gasteiger charge is 2.38. The smallest absolute Gasteiger partial charge is 0.433 e. The summed E-state index contributed by atoms with van der Waals surface area (Å²) >= 11 is 0. The van der Waals surface area contributed by atoms with Gasteiger partial charge in [-0.3, -0.25) is 4.79 Å². The Hall–Kier alpha value is -2.24. The van der Waals surface area contributed by atoms with Crippen LogP contribution in [0.15, 0.2) is 6.07 Å². The summed E-state index contributed by atoms with van der Waals surface area (Å²) in [7, 11) is 0. The van der Waals surface area contributed by atoms with Gasteiger partial charge in [0.15, 0.2) is 0 Å². The van der Waals surface area contributed by atoms with Gasteiger partial charge < -0.3 is 5.11 Å². The second-order valence-corrected chi connectivity index (χ2v) is 3.40. The van der Waals surface area contributed by atoms with Crippen LogP contribution in [0.5, 0.6) is 0 Å². The molecule has 0 amide bonds. The van der Waals surface area contributed by atoms with Crippen molar-refractivity contribution in [2.24, 2.45) is 0 Å². The Kier molecular flexibility index (Phi) is 4.04. The number of carboxylic acid groups (broad SMARTS) is 1. The molecular weight excluding hydrogens is 275 g/mol. The van der Waals surface area contributed by atoms with Crippen molar-refractivity contribution in [3.8, 4) is 6.07 Å². The molecule has 0 aliphatic heterocycles. The van der Waals surface area contributed by atoms with Crippen molar-refractivity contribution in [2.75, 3.05) is 0 Å². The number of hydrogen-bond acceptors (Lipinski definition) is 3. The second kappa shape index (κ2) is 5.17. The van der Waals surface area contributed by atoms with Crippen molar-refractivity contribution in [1.29, 1.82) is 5.26 Å². The van der Waals surface area contributed by atoms with Crippen LogP contribution in [0.1, 0.15) is 28.9 Å². The molecule has 0 aliphatic carbocycles. The summed E-state index contributed by atoms with van der Waals surface area (Å²) in [5.41, 5.74) is -4.70. The maximum atomic E-state index is 12.6. The van der Waals surface area contributed by atoms with Crippen molar-refractivity contribution in [2.45, 2.75) is 19.0 Å². The minimum absolute atomic E-state index is 0.457. The van der Waals surface area contributed by atoms with Gasteiger partial charge in [0.25, 0.3) is 6.43 Å². The second-order valence-electron chi connectivity index (χ2n) is 3.40. The summed E-state index contributed by atoms with van der Waals surface area (Å²) in [6, 6.07) is 1.73. The van der Waals surface area contributed by atoms with Crippen LogP contribution in [0.4, 0.5) is 22.0 Å². The van der Waals surface area contributed by atoms with E-state index in [4.69, 9.17) is 10.4 Å². The number of aromatic nitrogens is 1. The lowest BCUT2D eigenvalue weighted by molar-refractivity contribution is -0.142. The van der Waals surface area contributed by atoms with Crippen LogP contribution in [0, 0.1) is 11.3 Å². The number of nitriles is 1. The number of pyridine rings is 1. The van der Waals surface area contributed by atoms with Crippen LogP contribution in [-0.4, -0.2) is 16.1 Å². The Morgan fingerprint density at radius 3 is 2.42 bits per heavy atom. The maximum absolute atomic E-state index is 12.6. The van der Waals surface area contributed by atoms with Gasteiger partial charge in [-0.2, -0.15) is 18.4 Å². The topological polar surface area (TPSA) is 74.0 Å². The highest BCUT2D eigenvalue weighted by atomic mass is 19.4. The Morgan fingerprint density at radius 2 is 2.05 bits per heavy atom. The molecule has 0 fully saturated rings. The summed E-state index contributed by atoms with van der Waals surface area (Å²) in [5, 5.41) is 17.1. The molecule has 19 heavy (non-hydrogen) atoms. The van der Waals surface area contributed by atoms with Gasteiger partial charge in [0.2, 0.25) is 0 Å². The molecule has 1 aromatic rings. The Morgan fingerprint density at radius 1 is 1.47 bits per heavy atom. The number of aliphatic carboxylic acids is 1. The zero-order valence-corrected chi connectivity index (χ0v) is 9.00. The van der Waals surface area contributed by atoms with Gasteiger partial charge in [-0.05, 0) is 6.07 Å². The molecule has 102 valence electrons. The molecule has 4 nitrogen and oxygen atoms in total. The molecule has 0 saturated heterocycles. The van der Waals surface area contributed by atoms with Gasteiger partial charge in [-0.15, -0.1) is 0 Å². The van der Waals surface area contributed by atoms with Crippen molar-refractivity contribution >= 4 is 5.97 Å². The van der Waals surface area contributed by atoms with E-state index in [0.29, 0.717) is 6.07 Å². The Labute approximate surface area is 103 Å². The predicted molar refractivity (Wildman–Crippen MR) is 50.3 cm³/mol. The van der Waals surface area contributed by atoms with E-state index >= 15 is 0 Å². The Bertz CT molecular complexity index is 548. The number of carboxylic acids is 1. The van der Waals surface area contributed by atoms with E-state index in [9.17, 15) is 26.7 Å². The average Bonchev–Trinajstić information content (AvgIpc) is 2.26. The molecule has 0 atom stereocenters. The largest absolute Gasteiger partial charge is 0.481 e. The van der Waals surface area contributed by atoms with E-state index in [0.717, 1.165) is 0 Å². The van der Waals surface area contributed by atoms with Gasteiger partial charge in [0.1, 0.15) is 11.4 Å². The van der Waals surface area contributed by atoms with Crippen molar-refractivity contribution in [1.82, 2.24) is 4.98 Å². The highest BCUT2D eigenvalue weighted by Crippen LogP contribution is 2.34. The number of hydrogen-bond donors (Lipinski definition) is 1. The molecule has 0 aliphatic rings. The summed E-state index contributed by atoms with van der Waals surface area (Å²) in [5.74, 6) is -1.63. The van der Waals surface area contributed by atoms with E-state index in [1.54, 1.807) is 0 Å². The van der Waals surface area contributed by atoms with E-state index in [2.05, 4.69) is 4.98 Å². The van der Waals surface area contributed by atoms with Crippen molar-refractivity contribution in [3.05, 3.63) is 28.6 Å². The van der Waals surface area contributed by atoms with Gasteiger partial charge in [0.05, 0.1) is 18.1 Å². The maximum Gasteiger partial charge on any atom is 0.433 e. The van der Waals surface area contributed by atoms with E-state index < -0.39 is 47.5 Å². The van der Waals surface area contributed by atoms with Gasteiger partial charge >= 0.3 is 12.1 Å². The highest BCUT2D eigenvalue weighted by molar-refractivity contribution is 5.72. The van der Waals surface area contributed by atoms with Crippen LogP contribution in [0.3, 0.4) is 0 Å². The third kappa shape index (κ3) is 3.37. The number of rotatable bonds is 3. The molecule has 1 N–H and O–H groups in total. The lowest BCUT2D eigenvalue weighted by Gasteiger charge is -2.13. The van der Waals surface area contributed by atoms with E-state index in [-0.39, 0.29) is 0 Å². The van der Waals surface area contributed by atoms with E-state index in [1.165, 1.54) is 6.07 Å². The Balaban J connectivity index is 3.59. The first-order chi connectivity index (χ1) is 8.66. The molecule has 0 aromatic carbocycles. The molecule has 0 radical (unpaired) electrons. The third-order valence-electron chi connectivity index (χ3n) is 2.08. The van der Waals surface area contributed by atoms with Crippen LogP contribution in [-0.2, 0) is 17.4 Å². The number of nitrogens with zero attached hydrogens (tertiary/aromatic N) is 2. The fourth-order valence-electron chi connectivity index (χ4n) is 1.37. The SMILES string of the molecule is N#Cc1cc(C(F)F)nc(C(F)(F)F)c1CC(=O)O. The molecule has 1 rings (SSSR count). The normalized spacial score (nSPS) is 11.4. The molecule has 0 spiro atoms. The molecule has 9 heteroatoms. The monoisotopic (exact) mass is 280 g/mol. The third-order valence-corrected chi connectivity index (χ3v) is 2.08. The standard InChI is InChI=1S/C10H5F5N2O2/c11-9(12)6-1-4(3-16)5(2-7(18)19)8(17-6)10(13,14)15/h1,9H,2H2,(H,18,19). The fraction of sp³-hybridized carbons (Fsp3) is 0.300. The van der Waals surface area contributed by atoms with Gasteiger partial charge in [0, 0.05) is 5.56 Å². The quantitative estimate of drug-likeness (QED) is 0.863. The van der Waals surface area contributed by atoms with Crippen LogP contribution < -0.4 is 0 Å². The molecular formula is C10H5F5N2O2. The molecule has 1 aromatic heterocycles. The summed E-state index contributed by atoms with van der Waals surface area (Å²) in [4.78, 5) is 13.2. The predicted octanol–water partition coefficient (Wildman–Crippen LogP) is 2.54. The lowest BCUT2D eigenvalue weighted by Crippen LogP contribution is -2.17. The fourth-order valence-corrected chi connectivity index (χ4v) is 1.37. The lowest BCUT2D eigenvalue weighted by atomic mass is 10.0. The van der Waals surface area contributed by atoms with Crippen LogP contribution in [0.2, 0.25) is 0 Å². The molecule has 1 heterocycles. The minimum atomic E-state index is -5.12. The van der Waals surface area contributed by atoms with Gasteiger partial charge in [-0.1, -0.05) is 0 Å². The number of halogens is 5. The number of carbonyl (C=O) groups is 1. The summed E-state index contributed by atoms with van der Waals surface area (Å²) < 4.78 is 62.7. The molecule has 0 unspecified atom stereocenters. The van der Waals surface area contributed by atoms with Crippen LogP contribution >= 0.6 is 0 Å².